The van der Waals surface area contributed by atoms with E-state index in [1.807, 2.05) is 0 Å². The van der Waals surface area contributed by atoms with Gasteiger partial charge < -0.3 is 4.55 Å². The van der Waals surface area contributed by atoms with Gasteiger partial charge in [-0.25, -0.2) is 8.42 Å². The quantitative estimate of drug-likeness (QED) is 0.0274. The monoisotopic (exact) mass is 709 g/mol. The molecule has 0 aliphatic rings. The number of hydrogen-bond donors (Lipinski definition) is 0. The van der Waals surface area contributed by atoms with Crippen molar-refractivity contribution in [1.29, 1.82) is 0 Å². The molecule has 0 aromatic carbocycles. The van der Waals surface area contributed by atoms with Gasteiger partial charge in [0, 0.05) is 0 Å². The third-order valence-corrected chi connectivity index (χ3v) is 10.8. The molecule has 1 unspecified atom stereocenters. The number of unbranched alkanes of at least 4 members (excludes halogenated alkanes) is 34. The standard InChI is InChI=1S/C42H86O4S.Na/c1-3-5-7-9-11-13-15-17-19-21-22-24-26-28-30-32-34-36-38-40-42(41-46-47(43,44)45)39-37-35-33-31-29-27-25-23-20-18-16-14-12-10-8-6-4-2;/h42H,3-41H2,1-2H3,(H,43,44,45);/q;+1/p-1. The van der Waals surface area contributed by atoms with Crippen molar-refractivity contribution in [3.63, 3.8) is 0 Å². The van der Waals surface area contributed by atoms with Gasteiger partial charge in [0.2, 0.25) is 10.4 Å². The zero-order valence-electron chi connectivity index (χ0n) is 33.2. The average molecular weight is 709 g/mol. The van der Waals surface area contributed by atoms with Crippen molar-refractivity contribution in [2.24, 2.45) is 5.92 Å². The minimum atomic E-state index is -4.59. The maximum absolute atomic E-state index is 11.0. The van der Waals surface area contributed by atoms with Crippen molar-refractivity contribution in [2.45, 2.75) is 258 Å². The van der Waals surface area contributed by atoms with Gasteiger partial charge in [0.15, 0.2) is 0 Å². The molecule has 0 saturated carbocycles. The minimum Gasteiger partial charge on any atom is -0.726 e. The predicted octanol–water partition coefficient (Wildman–Crippen LogP) is 11.9. The van der Waals surface area contributed by atoms with E-state index in [1.54, 1.807) is 0 Å². The molecule has 0 heterocycles. The molecule has 0 bridgehead atoms. The Balaban J connectivity index is 0. The van der Waals surface area contributed by atoms with E-state index in [0.29, 0.717) is 0 Å². The molecule has 0 aliphatic heterocycles. The molecule has 0 saturated heterocycles. The molecule has 0 spiro atoms. The van der Waals surface area contributed by atoms with Crippen molar-refractivity contribution in [3.8, 4) is 0 Å². The number of hydrogen-bond acceptors (Lipinski definition) is 4. The Kier molecular flexibility index (Phi) is 44.9. The Labute approximate surface area is 325 Å². The summed E-state index contributed by atoms with van der Waals surface area (Å²) in [6.45, 7) is 4.65. The van der Waals surface area contributed by atoms with Crippen LogP contribution in [0.15, 0.2) is 0 Å². The van der Waals surface area contributed by atoms with Gasteiger partial charge in [-0.3, -0.25) is 4.18 Å². The zero-order chi connectivity index (χ0) is 34.4. The van der Waals surface area contributed by atoms with Crippen LogP contribution in [0.1, 0.15) is 258 Å². The Hall–Kier alpha value is 0.870. The van der Waals surface area contributed by atoms with E-state index in [0.717, 1.165) is 25.7 Å². The van der Waals surface area contributed by atoms with E-state index in [2.05, 4.69) is 18.0 Å². The summed E-state index contributed by atoms with van der Waals surface area (Å²) in [5.41, 5.74) is 0. The van der Waals surface area contributed by atoms with E-state index in [-0.39, 0.29) is 42.1 Å². The molecule has 0 aromatic heterocycles. The first-order chi connectivity index (χ1) is 23.0. The van der Waals surface area contributed by atoms with Crippen LogP contribution in [0.5, 0.6) is 0 Å². The molecule has 6 heteroatoms. The Morgan fingerprint density at radius 3 is 0.750 bits per heavy atom. The third-order valence-electron chi connectivity index (χ3n) is 10.4. The van der Waals surface area contributed by atoms with Crippen LogP contribution in [0, 0.1) is 5.92 Å². The molecule has 48 heavy (non-hydrogen) atoms. The summed E-state index contributed by atoms with van der Waals surface area (Å²) in [6.07, 6.45) is 51.2. The SMILES string of the molecule is CCCCCCCCCCCCCCCCCCCCCC(CCCCCCCCCCCCCCCCCCC)COS(=O)(=O)[O-].[Na+]. The molecular formula is C42H85NaO4S. The van der Waals surface area contributed by atoms with Gasteiger partial charge in [-0.2, -0.15) is 0 Å². The van der Waals surface area contributed by atoms with Crippen molar-refractivity contribution in [1.82, 2.24) is 0 Å². The van der Waals surface area contributed by atoms with E-state index in [9.17, 15) is 13.0 Å². The van der Waals surface area contributed by atoms with Crippen LogP contribution >= 0.6 is 0 Å². The first kappa shape index (κ1) is 51.0. The Morgan fingerprint density at radius 2 is 0.562 bits per heavy atom. The molecule has 0 N–H and O–H groups in total. The van der Waals surface area contributed by atoms with Gasteiger partial charge in [-0.1, -0.05) is 245 Å². The fourth-order valence-corrected chi connectivity index (χ4v) is 7.52. The van der Waals surface area contributed by atoms with Crippen LogP contribution in [0.3, 0.4) is 0 Å². The van der Waals surface area contributed by atoms with Gasteiger partial charge in [0.05, 0.1) is 6.61 Å². The molecule has 284 valence electrons. The first-order valence-electron chi connectivity index (χ1n) is 21.6. The molecular weight excluding hydrogens is 624 g/mol. The van der Waals surface area contributed by atoms with Gasteiger partial charge in [0.1, 0.15) is 0 Å². The van der Waals surface area contributed by atoms with Crippen molar-refractivity contribution in [2.75, 3.05) is 6.61 Å². The maximum Gasteiger partial charge on any atom is 1.00 e. The molecule has 0 radical (unpaired) electrons. The fraction of sp³-hybridized carbons (Fsp3) is 1.00. The summed E-state index contributed by atoms with van der Waals surface area (Å²) in [5.74, 6) is 0.195. The summed E-state index contributed by atoms with van der Waals surface area (Å²) in [7, 11) is -4.59. The van der Waals surface area contributed by atoms with Crippen LogP contribution in [-0.2, 0) is 14.6 Å². The first-order valence-corrected chi connectivity index (χ1v) is 22.9. The molecule has 0 aromatic rings. The van der Waals surface area contributed by atoms with Crippen LogP contribution < -0.4 is 29.6 Å². The van der Waals surface area contributed by atoms with Crippen LogP contribution in [0.2, 0.25) is 0 Å². The average Bonchev–Trinajstić information content (AvgIpc) is 3.05. The minimum absolute atomic E-state index is 0. The topological polar surface area (TPSA) is 66.4 Å². The van der Waals surface area contributed by atoms with Gasteiger partial charge >= 0.3 is 29.6 Å². The Morgan fingerprint density at radius 1 is 0.375 bits per heavy atom. The summed E-state index contributed by atoms with van der Waals surface area (Å²) in [6, 6.07) is 0. The largest absolute Gasteiger partial charge is 1.00 e. The summed E-state index contributed by atoms with van der Waals surface area (Å²) >= 11 is 0. The van der Waals surface area contributed by atoms with E-state index >= 15 is 0 Å². The van der Waals surface area contributed by atoms with E-state index in [1.165, 1.54) is 218 Å². The third kappa shape index (κ3) is 44.9. The van der Waals surface area contributed by atoms with Crippen molar-refractivity contribution >= 4 is 10.4 Å². The second kappa shape index (κ2) is 42.3. The van der Waals surface area contributed by atoms with Crippen molar-refractivity contribution < 1.29 is 46.7 Å². The summed E-state index contributed by atoms with van der Waals surface area (Å²) in [4.78, 5) is 0. The van der Waals surface area contributed by atoms with E-state index < -0.39 is 10.4 Å². The normalized spacial score (nSPS) is 12.4. The maximum atomic E-state index is 11.0. The Bertz CT molecular complexity index is 687. The molecule has 0 aliphatic carbocycles. The van der Waals surface area contributed by atoms with E-state index in [4.69, 9.17) is 0 Å². The summed E-state index contributed by atoms with van der Waals surface area (Å²) < 4.78 is 37.8. The number of rotatable bonds is 41. The molecule has 4 nitrogen and oxygen atoms in total. The molecule has 1 atom stereocenters. The van der Waals surface area contributed by atoms with Crippen LogP contribution in [0.25, 0.3) is 0 Å². The zero-order valence-corrected chi connectivity index (χ0v) is 36.0. The predicted molar refractivity (Wildman–Crippen MR) is 206 cm³/mol. The smallest absolute Gasteiger partial charge is 0.726 e. The summed E-state index contributed by atoms with van der Waals surface area (Å²) in [5, 5.41) is 0. The molecule has 0 fully saturated rings. The second-order valence-electron chi connectivity index (χ2n) is 15.2. The van der Waals surface area contributed by atoms with Crippen LogP contribution in [0.4, 0.5) is 0 Å². The van der Waals surface area contributed by atoms with Gasteiger partial charge in [-0.15, -0.1) is 0 Å². The fourth-order valence-electron chi connectivity index (χ4n) is 7.16. The second-order valence-corrected chi connectivity index (χ2v) is 16.2. The van der Waals surface area contributed by atoms with Crippen molar-refractivity contribution in [3.05, 3.63) is 0 Å². The van der Waals surface area contributed by atoms with Gasteiger partial charge in [0.25, 0.3) is 0 Å². The van der Waals surface area contributed by atoms with Gasteiger partial charge in [-0.05, 0) is 18.8 Å². The molecule has 0 rings (SSSR count). The van der Waals surface area contributed by atoms with Crippen LogP contribution in [-0.4, -0.2) is 19.6 Å². The molecule has 0 amide bonds.